The topological polar surface area (TPSA) is 41.5 Å². The second-order valence-electron chi connectivity index (χ2n) is 6.22. The van der Waals surface area contributed by atoms with Gasteiger partial charge in [-0.2, -0.15) is 0 Å². The first-order chi connectivity index (χ1) is 10.6. The van der Waals surface area contributed by atoms with Crippen LogP contribution in [0.2, 0.25) is 0 Å². The van der Waals surface area contributed by atoms with E-state index in [9.17, 15) is 4.55 Å². The molecule has 1 aromatic rings. The van der Waals surface area contributed by atoms with Crippen LogP contribution in [-0.2, 0) is 36.8 Å². The lowest BCUT2D eigenvalue weighted by molar-refractivity contribution is 0.186. The molecule has 0 bridgehead atoms. The lowest BCUT2D eigenvalue weighted by Crippen LogP contribution is -2.30. The summed E-state index contributed by atoms with van der Waals surface area (Å²) >= 11 is 5.91. The van der Waals surface area contributed by atoms with Gasteiger partial charge in [-0.05, 0) is 75.9 Å². The summed E-state index contributed by atoms with van der Waals surface area (Å²) in [6, 6.07) is 9.91. The van der Waals surface area contributed by atoms with Crippen molar-refractivity contribution in [1.82, 2.24) is 0 Å². The minimum absolute atomic E-state index is 0.0114. The Morgan fingerprint density at radius 3 is 2.04 bits per heavy atom. The summed E-state index contributed by atoms with van der Waals surface area (Å²) in [5.74, 6) is 0. The SMILES string of the molecule is CC(C)OP(=S)(OC(C)C)SC[S+]([O-])C(C)(C)c1ccccc1. The Kier molecular flexibility index (Phi) is 8.63. The Morgan fingerprint density at radius 1 is 1.13 bits per heavy atom. The fourth-order valence-electron chi connectivity index (χ4n) is 1.83. The van der Waals surface area contributed by atoms with Crippen molar-refractivity contribution in [1.29, 1.82) is 0 Å². The van der Waals surface area contributed by atoms with Crippen LogP contribution in [-0.4, -0.2) is 21.8 Å². The maximum absolute atomic E-state index is 12.8. The highest BCUT2D eigenvalue weighted by Crippen LogP contribution is 2.63. The van der Waals surface area contributed by atoms with Crippen molar-refractivity contribution in [3.8, 4) is 0 Å². The third-order valence-corrected chi connectivity index (χ3v) is 11.2. The average Bonchev–Trinajstić information content (AvgIpc) is 2.44. The standard InChI is InChI=1S/C16H27O3PS3/c1-13(2)18-20(21,19-14(3)4)22-12-23(17)16(5,6)15-10-8-7-9-11-15/h7-11,13-14H,12H2,1-6H3. The van der Waals surface area contributed by atoms with Gasteiger partial charge in [0.2, 0.25) is 0 Å². The third kappa shape index (κ3) is 7.07. The van der Waals surface area contributed by atoms with E-state index in [1.165, 1.54) is 11.4 Å². The van der Waals surface area contributed by atoms with Gasteiger partial charge in [0, 0.05) is 5.56 Å². The fourth-order valence-corrected chi connectivity index (χ4v) is 11.1. The molecule has 1 rings (SSSR count). The lowest BCUT2D eigenvalue weighted by Gasteiger charge is -2.31. The highest BCUT2D eigenvalue weighted by molar-refractivity contribution is 8.69. The Balaban J connectivity index is 2.78. The minimum atomic E-state index is -2.49. The van der Waals surface area contributed by atoms with Crippen molar-refractivity contribution in [3.05, 3.63) is 35.9 Å². The van der Waals surface area contributed by atoms with E-state index in [1.54, 1.807) is 0 Å². The molecule has 1 unspecified atom stereocenters. The Labute approximate surface area is 153 Å². The minimum Gasteiger partial charge on any atom is -0.615 e. The molecule has 0 spiro atoms. The van der Waals surface area contributed by atoms with E-state index in [-0.39, 0.29) is 12.2 Å². The summed E-state index contributed by atoms with van der Waals surface area (Å²) in [7, 11) is 0. The van der Waals surface area contributed by atoms with Crippen LogP contribution in [0.4, 0.5) is 0 Å². The first-order valence-electron chi connectivity index (χ1n) is 7.62. The summed E-state index contributed by atoms with van der Waals surface area (Å²) < 4.78 is 24.1. The largest absolute Gasteiger partial charge is 0.615 e. The van der Waals surface area contributed by atoms with Crippen LogP contribution in [0.3, 0.4) is 0 Å². The summed E-state index contributed by atoms with van der Waals surface area (Å²) in [6.45, 7) is 11.8. The van der Waals surface area contributed by atoms with Gasteiger partial charge in [0.25, 0.3) is 5.69 Å². The quantitative estimate of drug-likeness (QED) is 0.412. The van der Waals surface area contributed by atoms with Crippen molar-refractivity contribution >= 4 is 40.1 Å². The Bertz CT molecular complexity index is 507. The highest BCUT2D eigenvalue weighted by atomic mass is 32.9. The van der Waals surface area contributed by atoms with Crippen LogP contribution < -0.4 is 0 Å². The molecule has 0 N–H and O–H groups in total. The maximum Gasteiger partial charge on any atom is 0.252 e. The predicted octanol–water partition coefficient (Wildman–Crippen LogP) is 5.44. The molecule has 0 aliphatic rings. The van der Waals surface area contributed by atoms with E-state index in [4.69, 9.17) is 20.9 Å². The van der Waals surface area contributed by atoms with Crippen molar-refractivity contribution < 1.29 is 13.6 Å². The summed E-state index contributed by atoms with van der Waals surface area (Å²) in [5.41, 5.74) is -1.43. The summed E-state index contributed by atoms with van der Waals surface area (Å²) in [4.78, 5) is 0. The molecule has 0 radical (unpaired) electrons. The molecule has 23 heavy (non-hydrogen) atoms. The lowest BCUT2D eigenvalue weighted by atomic mass is 10.0. The van der Waals surface area contributed by atoms with Gasteiger partial charge in [-0.1, -0.05) is 30.3 Å². The molecule has 132 valence electrons. The van der Waals surface area contributed by atoms with E-state index < -0.39 is 21.6 Å². The molecule has 3 nitrogen and oxygen atoms in total. The molecule has 0 aliphatic heterocycles. The van der Waals surface area contributed by atoms with Crippen LogP contribution in [0.5, 0.6) is 0 Å². The molecule has 0 saturated heterocycles. The first kappa shape index (κ1) is 21.5. The van der Waals surface area contributed by atoms with Crippen molar-refractivity contribution in [2.75, 3.05) is 5.08 Å². The molecule has 0 saturated carbocycles. The van der Waals surface area contributed by atoms with Crippen LogP contribution in [0.25, 0.3) is 0 Å². The molecular formula is C16H27O3PS3. The van der Waals surface area contributed by atoms with Gasteiger partial charge in [-0.3, -0.25) is 0 Å². The molecule has 7 heteroatoms. The van der Waals surface area contributed by atoms with E-state index in [0.29, 0.717) is 5.08 Å². The fraction of sp³-hybridized carbons (Fsp3) is 0.625. The van der Waals surface area contributed by atoms with Crippen LogP contribution in [0.1, 0.15) is 47.1 Å². The number of rotatable bonds is 9. The van der Waals surface area contributed by atoms with Gasteiger partial charge < -0.3 is 13.6 Å². The van der Waals surface area contributed by atoms with Gasteiger partial charge in [0.05, 0.1) is 12.2 Å². The van der Waals surface area contributed by atoms with Gasteiger partial charge in [-0.25, -0.2) is 0 Å². The molecule has 1 aromatic carbocycles. The molecule has 0 aromatic heterocycles. The third-order valence-electron chi connectivity index (χ3n) is 3.04. The first-order valence-corrected chi connectivity index (χ1v) is 13.2. The smallest absolute Gasteiger partial charge is 0.252 e. The zero-order valence-corrected chi connectivity index (χ0v) is 18.0. The van der Waals surface area contributed by atoms with Crippen molar-refractivity contribution in [2.45, 2.75) is 58.5 Å². The zero-order valence-electron chi connectivity index (χ0n) is 14.6. The number of benzene rings is 1. The average molecular weight is 395 g/mol. The summed E-state index contributed by atoms with van der Waals surface area (Å²) in [6.07, 6.45) is -0.0229. The molecular weight excluding hydrogens is 367 g/mol. The van der Waals surface area contributed by atoms with E-state index in [1.807, 2.05) is 71.9 Å². The van der Waals surface area contributed by atoms with Crippen molar-refractivity contribution in [3.63, 3.8) is 0 Å². The van der Waals surface area contributed by atoms with E-state index in [2.05, 4.69) is 0 Å². The molecule has 0 fully saturated rings. The highest BCUT2D eigenvalue weighted by Gasteiger charge is 2.36. The predicted molar refractivity (Wildman–Crippen MR) is 107 cm³/mol. The number of hydrogen-bond donors (Lipinski definition) is 0. The van der Waals surface area contributed by atoms with E-state index in [0.717, 1.165) is 5.56 Å². The van der Waals surface area contributed by atoms with Gasteiger partial charge in [-0.15, -0.1) is 0 Å². The summed E-state index contributed by atoms with van der Waals surface area (Å²) in [5, 5.41) is 0.401. The van der Waals surface area contributed by atoms with E-state index >= 15 is 0 Å². The number of hydrogen-bond acceptors (Lipinski definition) is 5. The van der Waals surface area contributed by atoms with Crippen molar-refractivity contribution in [2.24, 2.45) is 0 Å². The maximum atomic E-state index is 12.8. The normalized spacial score (nSPS) is 14.5. The van der Waals surface area contributed by atoms with Crippen LogP contribution >= 0.6 is 17.1 Å². The van der Waals surface area contributed by atoms with Crippen LogP contribution in [0.15, 0.2) is 30.3 Å². The van der Waals surface area contributed by atoms with Gasteiger partial charge in [0.1, 0.15) is 4.75 Å². The van der Waals surface area contributed by atoms with Gasteiger partial charge in [0.15, 0.2) is 5.08 Å². The molecule has 0 amide bonds. The Hall–Kier alpha value is 0.450. The molecule has 0 heterocycles. The zero-order chi connectivity index (χ0) is 17.7. The Morgan fingerprint density at radius 2 is 1.61 bits per heavy atom. The van der Waals surface area contributed by atoms with Gasteiger partial charge >= 0.3 is 0 Å². The second-order valence-corrected chi connectivity index (χ2v) is 14.8. The monoisotopic (exact) mass is 394 g/mol. The van der Waals surface area contributed by atoms with Crippen LogP contribution in [0, 0.1) is 0 Å². The molecule has 0 aliphatic carbocycles. The second kappa shape index (κ2) is 9.23. The molecule has 1 atom stereocenters.